The molecule has 0 fully saturated rings. The van der Waals surface area contributed by atoms with Gasteiger partial charge in [-0.25, -0.2) is 0 Å². The van der Waals surface area contributed by atoms with Crippen molar-refractivity contribution in [1.82, 2.24) is 0 Å². The summed E-state index contributed by atoms with van der Waals surface area (Å²) < 4.78 is 5.80. The first-order chi connectivity index (χ1) is 13.9. The van der Waals surface area contributed by atoms with Gasteiger partial charge in [-0.3, -0.25) is 9.59 Å². The van der Waals surface area contributed by atoms with Crippen LogP contribution in [-0.2, 0) is 16.0 Å². The number of hydrogen-bond donors (Lipinski definition) is 2. The van der Waals surface area contributed by atoms with Crippen molar-refractivity contribution in [1.29, 1.82) is 0 Å². The Bertz CT molecular complexity index is 952. The monoisotopic (exact) mass is 388 g/mol. The van der Waals surface area contributed by atoms with Crippen molar-refractivity contribution in [2.45, 2.75) is 25.9 Å². The molecule has 29 heavy (non-hydrogen) atoms. The molecule has 3 aromatic carbocycles. The number of nitrogens with one attached hydrogen (secondary N) is 2. The van der Waals surface area contributed by atoms with E-state index in [0.717, 1.165) is 5.56 Å². The number of anilines is 2. The molecule has 5 nitrogen and oxygen atoms in total. The summed E-state index contributed by atoms with van der Waals surface area (Å²) in [5, 5.41) is 5.70. The van der Waals surface area contributed by atoms with E-state index in [1.807, 2.05) is 60.7 Å². The topological polar surface area (TPSA) is 67.4 Å². The maximum absolute atomic E-state index is 12.6. The summed E-state index contributed by atoms with van der Waals surface area (Å²) in [7, 11) is 0. The van der Waals surface area contributed by atoms with Crippen LogP contribution >= 0.6 is 0 Å². The molecule has 0 saturated carbocycles. The molecule has 0 unspecified atom stereocenters. The molecular formula is C24H24N2O3. The number of ether oxygens (including phenoxy) is 1. The molecule has 2 amide bonds. The highest BCUT2D eigenvalue weighted by Gasteiger charge is 2.30. The molecule has 0 aliphatic rings. The zero-order valence-electron chi connectivity index (χ0n) is 16.5. The van der Waals surface area contributed by atoms with E-state index < -0.39 is 5.60 Å². The lowest BCUT2D eigenvalue weighted by Gasteiger charge is -2.25. The second-order valence-corrected chi connectivity index (χ2v) is 7.17. The van der Waals surface area contributed by atoms with E-state index >= 15 is 0 Å². The Balaban J connectivity index is 1.55. The highest BCUT2D eigenvalue weighted by molar-refractivity contribution is 5.97. The molecule has 0 saturated heterocycles. The van der Waals surface area contributed by atoms with Gasteiger partial charge in [-0.05, 0) is 55.8 Å². The number of para-hydroxylation sites is 1. The lowest BCUT2D eigenvalue weighted by Crippen LogP contribution is -2.42. The number of rotatable bonds is 7. The lowest BCUT2D eigenvalue weighted by atomic mass is 10.1. The van der Waals surface area contributed by atoms with Crippen LogP contribution in [0.4, 0.5) is 11.4 Å². The first kappa shape index (κ1) is 20.1. The average molecular weight is 388 g/mol. The van der Waals surface area contributed by atoms with E-state index in [0.29, 0.717) is 23.5 Å². The SMILES string of the molecule is CC(C)(Oc1ccccc1)C(=O)Nc1ccc(NC(=O)Cc2ccccc2)cc1. The second kappa shape index (κ2) is 9.06. The number of hydrogen-bond acceptors (Lipinski definition) is 3. The normalized spacial score (nSPS) is 10.8. The van der Waals surface area contributed by atoms with Gasteiger partial charge in [-0.2, -0.15) is 0 Å². The zero-order chi connectivity index (χ0) is 20.7. The first-order valence-electron chi connectivity index (χ1n) is 9.42. The van der Waals surface area contributed by atoms with Crippen LogP contribution in [-0.4, -0.2) is 17.4 Å². The van der Waals surface area contributed by atoms with Gasteiger partial charge in [0.15, 0.2) is 5.60 Å². The predicted octanol–water partition coefficient (Wildman–Crippen LogP) is 4.66. The summed E-state index contributed by atoms with van der Waals surface area (Å²) in [4.78, 5) is 24.8. The van der Waals surface area contributed by atoms with Gasteiger partial charge in [-0.15, -0.1) is 0 Å². The molecule has 0 radical (unpaired) electrons. The standard InChI is InChI=1S/C24H24N2O3/c1-24(2,29-21-11-7-4-8-12-21)23(28)26-20-15-13-19(14-16-20)25-22(27)17-18-9-5-3-6-10-18/h3-16H,17H2,1-2H3,(H,25,27)(H,26,28). The molecule has 0 bridgehead atoms. The molecule has 0 heterocycles. The summed E-state index contributed by atoms with van der Waals surface area (Å²) in [6.07, 6.45) is 0.310. The summed E-state index contributed by atoms with van der Waals surface area (Å²) >= 11 is 0. The zero-order valence-corrected chi connectivity index (χ0v) is 16.5. The van der Waals surface area contributed by atoms with Crippen molar-refractivity contribution in [3.63, 3.8) is 0 Å². The van der Waals surface area contributed by atoms with Crippen molar-refractivity contribution in [3.8, 4) is 5.75 Å². The van der Waals surface area contributed by atoms with Crippen LogP contribution in [0.25, 0.3) is 0 Å². The molecule has 2 N–H and O–H groups in total. The molecule has 0 aliphatic heterocycles. The Morgan fingerprint density at radius 1 is 0.759 bits per heavy atom. The van der Waals surface area contributed by atoms with Crippen molar-refractivity contribution >= 4 is 23.2 Å². The van der Waals surface area contributed by atoms with Crippen LogP contribution in [0.2, 0.25) is 0 Å². The molecule has 148 valence electrons. The van der Waals surface area contributed by atoms with Crippen LogP contribution in [0.1, 0.15) is 19.4 Å². The van der Waals surface area contributed by atoms with Crippen molar-refractivity contribution in [2.75, 3.05) is 10.6 Å². The largest absolute Gasteiger partial charge is 0.478 e. The van der Waals surface area contributed by atoms with Gasteiger partial charge in [0.05, 0.1) is 6.42 Å². The third-order valence-electron chi connectivity index (χ3n) is 4.30. The smallest absolute Gasteiger partial charge is 0.267 e. The summed E-state index contributed by atoms with van der Waals surface area (Å²) in [6.45, 7) is 3.43. The quantitative estimate of drug-likeness (QED) is 0.618. The Kier molecular flexibility index (Phi) is 6.29. The van der Waals surface area contributed by atoms with Crippen LogP contribution in [0.5, 0.6) is 5.75 Å². The Labute approximate surface area is 170 Å². The van der Waals surface area contributed by atoms with Crippen LogP contribution in [0.15, 0.2) is 84.9 Å². The Morgan fingerprint density at radius 2 is 1.28 bits per heavy atom. The van der Waals surface area contributed by atoms with Gasteiger partial charge in [0.2, 0.25) is 5.91 Å². The fraction of sp³-hybridized carbons (Fsp3) is 0.167. The van der Waals surface area contributed by atoms with Crippen LogP contribution in [0, 0.1) is 0 Å². The average Bonchev–Trinajstić information content (AvgIpc) is 2.70. The maximum atomic E-state index is 12.6. The van der Waals surface area contributed by atoms with Crippen molar-refractivity contribution < 1.29 is 14.3 Å². The Morgan fingerprint density at radius 3 is 1.86 bits per heavy atom. The van der Waals surface area contributed by atoms with E-state index in [1.54, 1.807) is 38.1 Å². The highest BCUT2D eigenvalue weighted by Crippen LogP contribution is 2.21. The second-order valence-electron chi connectivity index (χ2n) is 7.17. The fourth-order valence-electron chi connectivity index (χ4n) is 2.73. The van der Waals surface area contributed by atoms with Crippen LogP contribution < -0.4 is 15.4 Å². The Hall–Kier alpha value is -3.60. The van der Waals surface area contributed by atoms with Crippen LogP contribution in [0.3, 0.4) is 0 Å². The minimum absolute atomic E-state index is 0.0922. The lowest BCUT2D eigenvalue weighted by molar-refractivity contribution is -0.128. The van der Waals surface area contributed by atoms with E-state index in [-0.39, 0.29) is 11.8 Å². The van der Waals surface area contributed by atoms with Gasteiger partial charge in [-0.1, -0.05) is 48.5 Å². The highest BCUT2D eigenvalue weighted by atomic mass is 16.5. The van der Waals surface area contributed by atoms with E-state index in [9.17, 15) is 9.59 Å². The molecule has 0 spiro atoms. The number of benzene rings is 3. The molecule has 0 aromatic heterocycles. The van der Waals surface area contributed by atoms with Crippen molar-refractivity contribution in [2.24, 2.45) is 0 Å². The molecule has 3 aromatic rings. The first-order valence-corrected chi connectivity index (χ1v) is 9.42. The van der Waals surface area contributed by atoms with Gasteiger partial charge >= 0.3 is 0 Å². The maximum Gasteiger partial charge on any atom is 0.267 e. The van der Waals surface area contributed by atoms with Crippen molar-refractivity contribution in [3.05, 3.63) is 90.5 Å². The summed E-state index contributed by atoms with van der Waals surface area (Å²) in [5.74, 6) is 0.275. The number of carbonyl (C=O) groups is 2. The summed E-state index contributed by atoms with van der Waals surface area (Å²) in [6, 6.07) is 25.8. The summed E-state index contributed by atoms with van der Waals surface area (Å²) in [5.41, 5.74) is 1.21. The minimum atomic E-state index is -1.04. The molecule has 0 atom stereocenters. The minimum Gasteiger partial charge on any atom is -0.478 e. The number of amides is 2. The molecule has 3 rings (SSSR count). The van der Waals surface area contributed by atoms with E-state index in [2.05, 4.69) is 10.6 Å². The predicted molar refractivity (Wildman–Crippen MR) is 115 cm³/mol. The van der Waals surface area contributed by atoms with Gasteiger partial charge in [0.1, 0.15) is 5.75 Å². The molecule has 0 aliphatic carbocycles. The van der Waals surface area contributed by atoms with E-state index in [4.69, 9.17) is 4.74 Å². The fourth-order valence-corrected chi connectivity index (χ4v) is 2.73. The van der Waals surface area contributed by atoms with Gasteiger partial charge < -0.3 is 15.4 Å². The van der Waals surface area contributed by atoms with E-state index in [1.165, 1.54) is 0 Å². The molecular weight excluding hydrogens is 364 g/mol. The van der Waals surface area contributed by atoms with Gasteiger partial charge in [0, 0.05) is 11.4 Å². The molecule has 5 heteroatoms. The third-order valence-corrected chi connectivity index (χ3v) is 4.30. The number of carbonyl (C=O) groups excluding carboxylic acids is 2. The third kappa shape index (κ3) is 5.94. The van der Waals surface area contributed by atoms with Gasteiger partial charge in [0.25, 0.3) is 5.91 Å².